The van der Waals surface area contributed by atoms with Gasteiger partial charge in [-0.05, 0) is 43.9 Å². The lowest BCUT2D eigenvalue weighted by molar-refractivity contribution is 0.0739. The normalized spacial score (nSPS) is 16.5. The number of hydrogen-bond donors (Lipinski definition) is 1. The average Bonchev–Trinajstić information content (AvgIpc) is 3.12. The smallest absolute Gasteiger partial charge is 0.275 e. The first kappa shape index (κ1) is 20.2. The second-order valence-electron chi connectivity index (χ2n) is 6.70. The van der Waals surface area contributed by atoms with E-state index in [1.807, 2.05) is 0 Å². The van der Waals surface area contributed by atoms with Gasteiger partial charge in [0.15, 0.2) is 11.6 Å². The van der Waals surface area contributed by atoms with Crippen molar-refractivity contribution in [2.45, 2.75) is 32.6 Å². The second kappa shape index (κ2) is 9.59. The molecular formula is C20H24ClN3O4. The SMILES string of the molecule is Cc1nc(C(=O)N2CCCCNC(=O)c3cc(Cl)ccc3OCCCC2)co1. The Morgan fingerprint density at radius 2 is 2.00 bits per heavy atom. The zero-order valence-corrected chi connectivity index (χ0v) is 16.6. The first-order valence-corrected chi connectivity index (χ1v) is 9.84. The molecule has 0 atom stereocenters. The van der Waals surface area contributed by atoms with Crippen molar-refractivity contribution in [2.75, 3.05) is 26.2 Å². The molecule has 1 aliphatic rings. The summed E-state index contributed by atoms with van der Waals surface area (Å²) in [5.74, 6) is 0.653. The molecule has 28 heavy (non-hydrogen) atoms. The zero-order valence-electron chi connectivity index (χ0n) is 15.9. The molecule has 0 aliphatic carbocycles. The number of benzene rings is 1. The molecule has 0 fully saturated rings. The summed E-state index contributed by atoms with van der Waals surface area (Å²) in [6.07, 6.45) is 4.48. The number of fused-ring (bicyclic) bond motifs is 1. The first-order chi connectivity index (χ1) is 13.5. The van der Waals surface area contributed by atoms with E-state index in [0.29, 0.717) is 54.2 Å². The number of amides is 2. The molecule has 1 aromatic carbocycles. The minimum absolute atomic E-state index is 0.131. The molecule has 1 N–H and O–H groups in total. The summed E-state index contributed by atoms with van der Waals surface area (Å²) in [6, 6.07) is 5.04. The largest absolute Gasteiger partial charge is 0.493 e. The molecule has 150 valence electrons. The number of halogens is 1. The van der Waals surface area contributed by atoms with E-state index < -0.39 is 0 Å². The van der Waals surface area contributed by atoms with E-state index in [2.05, 4.69) is 10.3 Å². The van der Waals surface area contributed by atoms with Gasteiger partial charge in [0.2, 0.25) is 0 Å². The van der Waals surface area contributed by atoms with E-state index in [0.717, 1.165) is 25.7 Å². The lowest BCUT2D eigenvalue weighted by atomic mass is 10.1. The molecule has 0 saturated carbocycles. The fourth-order valence-corrected chi connectivity index (χ4v) is 3.23. The van der Waals surface area contributed by atoms with Crippen molar-refractivity contribution < 1.29 is 18.7 Å². The van der Waals surface area contributed by atoms with E-state index in [1.54, 1.807) is 30.0 Å². The van der Waals surface area contributed by atoms with Crippen LogP contribution in [-0.4, -0.2) is 47.9 Å². The van der Waals surface area contributed by atoms with Crippen molar-refractivity contribution in [1.82, 2.24) is 15.2 Å². The fraction of sp³-hybridized carbons (Fsp3) is 0.450. The minimum Gasteiger partial charge on any atom is -0.493 e. The monoisotopic (exact) mass is 405 g/mol. The van der Waals surface area contributed by atoms with Crippen LogP contribution in [0.15, 0.2) is 28.9 Å². The number of aryl methyl sites for hydroxylation is 1. The third-order valence-electron chi connectivity index (χ3n) is 4.53. The molecule has 7 nitrogen and oxygen atoms in total. The molecule has 8 heteroatoms. The summed E-state index contributed by atoms with van der Waals surface area (Å²) in [5, 5.41) is 3.39. The Morgan fingerprint density at radius 1 is 1.21 bits per heavy atom. The Bertz CT molecular complexity index is 837. The van der Waals surface area contributed by atoms with E-state index in [1.165, 1.54) is 6.26 Å². The van der Waals surface area contributed by atoms with Crippen LogP contribution in [0.2, 0.25) is 5.02 Å². The molecular weight excluding hydrogens is 382 g/mol. The van der Waals surface area contributed by atoms with Crippen LogP contribution in [0.4, 0.5) is 0 Å². The molecule has 2 heterocycles. The number of carbonyl (C=O) groups excluding carboxylic acids is 2. The maximum Gasteiger partial charge on any atom is 0.275 e. The van der Waals surface area contributed by atoms with Crippen molar-refractivity contribution >= 4 is 23.4 Å². The third-order valence-corrected chi connectivity index (χ3v) is 4.77. The summed E-state index contributed by atoms with van der Waals surface area (Å²) in [7, 11) is 0. The van der Waals surface area contributed by atoms with Crippen molar-refractivity contribution in [3.05, 3.63) is 46.6 Å². The molecule has 0 unspecified atom stereocenters. The van der Waals surface area contributed by atoms with E-state index >= 15 is 0 Å². The first-order valence-electron chi connectivity index (χ1n) is 9.46. The lowest BCUT2D eigenvalue weighted by Gasteiger charge is -2.22. The third kappa shape index (κ3) is 5.25. The van der Waals surface area contributed by atoms with Crippen LogP contribution < -0.4 is 10.1 Å². The van der Waals surface area contributed by atoms with Gasteiger partial charge in [-0.2, -0.15) is 0 Å². The highest BCUT2D eigenvalue weighted by atomic mass is 35.5. The highest BCUT2D eigenvalue weighted by Gasteiger charge is 2.19. The standard InChI is InChI=1S/C20H24ClN3O4/c1-14-23-17(13-28-14)20(26)24-9-3-2-8-22-19(25)16-12-15(21)6-7-18(16)27-11-5-4-10-24/h6-7,12-13H,2-5,8-11H2,1H3,(H,22,25). The Hall–Kier alpha value is -2.54. The van der Waals surface area contributed by atoms with Crippen molar-refractivity contribution in [3.8, 4) is 5.75 Å². The van der Waals surface area contributed by atoms with E-state index in [-0.39, 0.29) is 11.8 Å². The summed E-state index contributed by atoms with van der Waals surface area (Å²) < 4.78 is 11.0. The number of nitrogens with one attached hydrogen (secondary N) is 1. The van der Waals surface area contributed by atoms with Gasteiger partial charge in [0.25, 0.3) is 11.8 Å². The molecule has 3 rings (SSSR count). The number of carbonyl (C=O) groups is 2. The van der Waals surface area contributed by atoms with Gasteiger partial charge in [-0.1, -0.05) is 11.6 Å². The Labute approximate surface area is 169 Å². The summed E-state index contributed by atoms with van der Waals surface area (Å²) in [5.41, 5.74) is 0.775. The maximum atomic E-state index is 12.7. The predicted octanol–water partition coefficient (Wildman–Crippen LogP) is 3.46. The highest BCUT2D eigenvalue weighted by Crippen LogP contribution is 2.23. The van der Waals surface area contributed by atoms with E-state index in [9.17, 15) is 9.59 Å². The van der Waals surface area contributed by atoms with Crippen LogP contribution in [0.1, 0.15) is 52.4 Å². The number of hydrogen-bond acceptors (Lipinski definition) is 5. The Balaban J connectivity index is 1.67. The van der Waals surface area contributed by atoms with Gasteiger partial charge < -0.3 is 19.4 Å². The van der Waals surface area contributed by atoms with E-state index in [4.69, 9.17) is 20.8 Å². The van der Waals surface area contributed by atoms with Gasteiger partial charge in [-0.3, -0.25) is 9.59 Å². The zero-order chi connectivity index (χ0) is 19.9. The number of ether oxygens (including phenoxy) is 1. The Morgan fingerprint density at radius 3 is 2.75 bits per heavy atom. The second-order valence-corrected chi connectivity index (χ2v) is 7.14. The maximum absolute atomic E-state index is 12.7. The summed E-state index contributed by atoms with van der Waals surface area (Å²) in [6.45, 7) is 3.89. The van der Waals surface area contributed by atoms with Crippen LogP contribution in [0.5, 0.6) is 5.75 Å². The van der Waals surface area contributed by atoms with Gasteiger partial charge in [0.1, 0.15) is 12.0 Å². The summed E-state index contributed by atoms with van der Waals surface area (Å²) >= 11 is 6.03. The topological polar surface area (TPSA) is 84.7 Å². The van der Waals surface area contributed by atoms with Crippen LogP contribution in [0.25, 0.3) is 0 Å². The van der Waals surface area contributed by atoms with Crippen LogP contribution in [0, 0.1) is 6.92 Å². The van der Waals surface area contributed by atoms with Gasteiger partial charge in [-0.25, -0.2) is 4.98 Å². The molecule has 2 aromatic rings. The van der Waals surface area contributed by atoms with Gasteiger partial charge in [0, 0.05) is 31.6 Å². The predicted molar refractivity (Wildman–Crippen MR) is 105 cm³/mol. The van der Waals surface area contributed by atoms with Gasteiger partial charge in [0.05, 0.1) is 12.2 Å². The Kier molecular flexibility index (Phi) is 6.92. The molecule has 0 radical (unpaired) electrons. The molecule has 2 amide bonds. The summed E-state index contributed by atoms with van der Waals surface area (Å²) in [4.78, 5) is 31.1. The van der Waals surface area contributed by atoms with Crippen LogP contribution in [-0.2, 0) is 0 Å². The lowest BCUT2D eigenvalue weighted by Crippen LogP contribution is -2.34. The van der Waals surface area contributed by atoms with Crippen molar-refractivity contribution in [3.63, 3.8) is 0 Å². The number of aromatic nitrogens is 1. The molecule has 0 bridgehead atoms. The van der Waals surface area contributed by atoms with Crippen LogP contribution in [0.3, 0.4) is 0 Å². The quantitative estimate of drug-likeness (QED) is 0.785. The van der Waals surface area contributed by atoms with Crippen molar-refractivity contribution in [2.24, 2.45) is 0 Å². The highest BCUT2D eigenvalue weighted by molar-refractivity contribution is 6.31. The van der Waals surface area contributed by atoms with Gasteiger partial charge >= 0.3 is 0 Å². The molecule has 1 aliphatic heterocycles. The molecule has 0 saturated heterocycles. The molecule has 0 spiro atoms. The number of oxazole rings is 1. The minimum atomic E-state index is -0.208. The van der Waals surface area contributed by atoms with Crippen LogP contribution >= 0.6 is 11.6 Å². The van der Waals surface area contributed by atoms with Crippen molar-refractivity contribution in [1.29, 1.82) is 0 Å². The average molecular weight is 406 g/mol. The number of rotatable bonds is 1. The molecule has 1 aromatic heterocycles. The fourth-order valence-electron chi connectivity index (χ4n) is 3.06. The van der Waals surface area contributed by atoms with Gasteiger partial charge in [-0.15, -0.1) is 0 Å². The number of nitrogens with zero attached hydrogens (tertiary/aromatic N) is 2.